The number of nitrogens with zero attached hydrogens (tertiary/aromatic N) is 2. The minimum absolute atomic E-state index is 0.0322. The number of ether oxygens (including phenoxy) is 1. The van der Waals surface area contributed by atoms with E-state index in [0.717, 1.165) is 64.5 Å². The van der Waals surface area contributed by atoms with E-state index in [1.165, 1.54) is 25.3 Å². The molecule has 0 aromatic heterocycles. The van der Waals surface area contributed by atoms with E-state index < -0.39 is 22.2 Å². The molecule has 0 radical (unpaired) electrons. The van der Waals surface area contributed by atoms with Crippen molar-refractivity contribution in [1.29, 1.82) is 0 Å². The van der Waals surface area contributed by atoms with Crippen molar-refractivity contribution in [2.75, 3.05) is 13.2 Å². The van der Waals surface area contributed by atoms with E-state index in [1.54, 1.807) is 0 Å². The predicted molar refractivity (Wildman–Crippen MR) is 125 cm³/mol. The van der Waals surface area contributed by atoms with Gasteiger partial charge in [-0.3, -0.25) is 19.7 Å². The first-order valence-electron chi connectivity index (χ1n) is 12.3. The number of carbonyl (C=O) groups excluding carboxylic acids is 2. The van der Waals surface area contributed by atoms with E-state index in [9.17, 15) is 24.1 Å². The van der Waals surface area contributed by atoms with Crippen LogP contribution in [0.4, 0.5) is 10.1 Å². The van der Waals surface area contributed by atoms with Crippen LogP contribution in [0.1, 0.15) is 101 Å². The van der Waals surface area contributed by atoms with Crippen LogP contribution in [0.15, 0.2) is 12.1 Å². The molecule has 1 aromatic rings. The summed E-state index contributed by atoms with van der Waals surface area (Å²) in [5.41, 5.74) is -1.18. The Morgan fingerprint density at radius 2 is 1.82 bits per heavy atom. The van der Waals surface area contributed by atoms with Gasteiger partial charge >= 0.3 is 5.69 Å². The van der Waals surface area contributed by atoms with Crippen molar-refractivity contribution in [3.63, 3.8) is 0 Å². The highest BCUT2D eigenvalue weighted by atomic mass is 19.1. The minimum Gasteiger partial charge on any atom is -0.493 e. The van der Waals surface area contributed by atoms with Gasteiger partial charge in [-0.05, 0) is 51.2 Å². The van der Waals surface area contributed by atoms with E-state index in [-0.39, 0.29) is 23.8 Å². The largest absolute Gasteiger partial charge is 0.493 e. The van der Waals surface area contributed by atoms with Gasteiger partial charge in [-0.2, -0.15) is 4.39 Å². The maximum atomic E-state index is 13.8. The maximum absolute atomic E-state index is 13.8. The molecule has 1 aliphatic carbocycles. The maximum Gasteiger partial charge on any atom is 0.319 e. The Labute approximate surface area is 195 Å². The normalized spacial score (nSPS) is 14.2. The third-order valence-electron chi connectivity index (χ3n) is 6.26. The Bertz CT molecular complexity index is 808. The number of benzene rings is 1. The van der Waals surface area contributed by atoms with Gasteiger partial charge in [0.25, 0.3) is 0 Å². The number of Topliss-reactive ketones (excluding diaryl/α,β-unsaturated/α-hetero) is 1. The summed E-state index contributed by atoms with van der Waals surface area (Å²) in [6, 6.07) is 2.61. The fourth-order valence-electron chi connectivity index (χ4n) is 4.48. The highest BCUT2D eigenvalue weighted by Gasteiger charge is 2.28. The van der Waals surface area contributed by atoms with Crippen LogP contribution in [0, 0.1) is 15.9 Å². The lowest BCUT2D eigenvalue weighted by Gasteiger charge is -2.34. The van der Waals surface area contributed by atoms with Crippen molar-refractivity contribution in [3.05, 3.63) is 33.6 Å². The van der Waals surface area contributed by atoms with E-state index in [1.807, 2.05) is 0 Å². The summed E-state index contributed by atoms with van der Waals surface area (Å²) in [7, 11) is 0. The first-order chi connectivity index (χ1) is 15.9. The fraction of sp³-hybridized carbons (Fsp3) is 0.680. The number of ketones is 1. The zero-order valence-corrected chi connectivity index (χ0v) is 19.9. The number of halogens is 1. The van der Waals surface area contributed by atoms with Crippen molar-refractivity contribution in [2.45, 2.75) is 96.9 Å². The molecule has 2 rings (SSSR count). The number of amides is 1. The van der Waals surface area contributed by atoms with Gasteiger partial charge < -0.3 is 9.64 Å². The van der Waals surface area contributed by atoms with Crippen LogP contribution in [-0.2, 0) is 4.79 Å². The van der Waals surface area contributed by atoms with Crippen LogP contribution in [0.25, 0.3) is 0 Å². The molecule has 0 heterocycles. The highest BCUT2D eigenvalue weighted by Crippen LogP contribution is 2.32. The predicted octanol–water partition coefficient (Wildman–Crippen LogP) is 6.23. The van der Waals surface area contributed by atoms with Crippen LogP contribution < -0.4 is 4.74 Å². The SMILES string of the molecule is CCCCN(C(=O)CCCCCCOc1ccc(F)c([N+](=O)[O-])c1C(C)=O)C1CCCCC1. The Balaban J connectivity index is 1.76. The molecule has 33 heavy (non-hydrogen) atoms. The van der Waals surface area contributed by atoms with Crippen molar-refractivity contribution in [2.24, 2.45) is 0 Å². The summed E-state index contributed by atoms with van der Waals surface area (Å²) >= 11 is 0. The Hall–Kier alpha value is -2.51. The van der Waals surface area contributed by atoms with Crippen molar-refractivity contribution in [1.82, 2.24) is 4.90 Å². The summed E-state index contributed by atoms with van der Waals surface area (Å²) in [4.78, 5) is 37.0. The van der Waals surface area contributed by atoms with Gasteiger partial charge in [-0.15, -0.1) is 0 Å². The Morgan fingerprint density at radius 3 is 2.45 bits per heavy atom. The number of rotatable bonds is 14. The van der Waals surface area contributed by atoms with Gasteiger partial charge in [-0.25, -0.2) is 0 Å². The van der Waals surface area contributed by atoms with Gasteiger partial charge in [0.2, 0.25) is 11.7 Å². The van der Waals surface area contributed by atoms with Gasteiger partial charge in [0.15, 0.2) is 5.78 Å². The van der Waals surface area contributed by atoms with E-state index in [4.69, 9.17) is 4.74 Å². The van der Waals surface area contributed by atoms with Crippen LogP contribution >= 0.6 is 0 Å². The summed E-state index contributed by atoms with van der Waals surface area (Å²) in [6.07, 6.45) is 11.8. The molecule has 0 aliphatic heterocycles. The molecule has 0 saturated heterocycles. The average molecular weight is 465 g/mol. The number of carbonyl (C=O) groups is 2. The summed E-state index contributed by atoms with van der Waals surface area (Å²) in [5.74, 6) is -1.37. The third kappa shape index (κ3) is 8.09. The zero-order chi connectivity index (χ0) is 24.2. The van der Waals surface area contributed by atoms with Crippen LogP contribution in [0.5, 0.6) is 5.75 Å². The molecule has 1 saturated carbocycles. The van der Waals surface area contributed by atoms with Gasteiger partial charge in [0, 0.05) is 19.0 Å². The molecule has 1 amide bonds. The Kier molecular flexibility index (Phi) is 11.3. The van der Waals surface area contributed by atoms with E-state index >= 15 is 0 Å². The molecule has 8 heteroatoms. The molecule has 1 aromatic carbocycles. The third-order valence-corrected chi connectivity index (χ3v) is 6.26. The van der Waals surface area contributed by atoms with Crippen LogP contribution in [-0.4, -0.2) is 40.7 Å². The second kappa shape index (κ2) is 13.9. The van der Waals surface area contributed by atoms with Crippen molar-refractivity contribution < 1.29 is 23.6 Å². The molecule has 184 valence electrons. The minimum atomic E-state index is -1.05. The van der Waals surface area contributed by atoms with Crippen LogP contribution in [0.2, 0.25) is 0 Å². The van der Waals surface area contributed by atoms with Crippen molar-refractivity contribution >= 4 is 17.4 Å². The Morgan fingerprint density at radius 1 is 1.12 bits per heavy atom. The molecule has 1 aliphatic rings. The van der Waals surface area contributed by atoms with E-state index in [0.29, 0.717) is 18.9 Å². The lowest BCUT2D eigenvalue weighted by molar-refractivity contribution is -0.387. The second-order valence-electron chi connectivity index (χ2n) is 8.83. The topological polar surface area (TPSA) is 89.8 Å². The lowest BCUT2D eigenvalue weighted by Crippen LogP contribution is -2.42. The molecule has 7 nitrogen and oxygen atoms in total. The molecule has 0 spiro atoms. The average Bonchev–Trinajstić information content (AvgIpc) is 2.79. The zero-order valence-electron chi connectivity index (χ0n) is 19.9. The van der Waals surface area contributed by atoms with Gasteiger partial charge in [0.05, 0.1) is 11.5 Å². The molecule has 0 unspecified atom stereocenters. The molecular formula is C25H37FN2O5. The first kappa shape index (κ1) is 26.7. The molecule has 0 bridgehead atoms. The highest BCUT2D eigenvalue weighted by molar-refractivity contribution is 6.00. The smallest absolute Gasteiger partial charge is 0.319 e. The van der Waals surface area contributed by atoms with Gasteiger partial charge in [-0.1, -0.05) is 45.4 Å². The lowest BCUT2D eigenvalue weighted by atomic mass is 9.93. The molecular weight excluding hydrogens is 427 g/mol. The standard InChI is InChI=1S/C25H37FN2O5/c1-3-4-17-27(20-12-8-7-9-13-20)23(30)14-10-5-6-11-18-33-22-16-15-21(26)25(28(31)32)24(22)19(2)29/h15-16,20H,3-14,17-18H2,1-2H3. The number of hydrogen-bond acceptors (Lipinski definition) is 5. The number of hydrogen-bond donors (Lipinski definition) is 0. The first-order valence-corrected chi connectivity index (χ1v) is 12.3. The summed E-state index contributed by atoms with van der Waals surface area (Å²) < 4.78 is 19.4. The van der Waals surface area contributed by atoms with Crippen LogP contribution in [0.3, 0.4) is 0 Å². The van der Waals surface area contributed by atoms with E-state index in [2.05, 4.69) is 11.8 Å². The monoisotopic (exact) mass is 464 g/mol. The molecule has 0 atom stereocenters. The number of nitro benzene ring substituents is 1. The summed E-state index contributed by atoms with van der Waals surface area (Å²) in [6.45, 7) is 4.43. The number of nitro groups is 1. The summed E-state index contributed by atoms with van der Waals surface area (Å²) in [5, 5.41) is 11.1. The van der Waals surface area contributed by atoms with Gasteiger partial charge in [0.1, 0.15) is 11.3 Å². The second-order valence-corrected chi connectivity index (χ2v) is 8.83. The van der Waals surface area contributed by atoms with Crippen molar-refractivity contribution in [3.8, 4) is 5.75 Å². The quantitative estimate of drug-likeness (QED) is 0.141. The molecule has 1 fully saturated rings. The molecule has 0 N–H and O–H groups in total. The fourth-order valence-corrected chi connectivity index (χ4v) is 4.48. The number of unbranched alkanes of at least 4 members (excludes halogenated alkanes) is 4.